The van der Waals surface area contributed by atoms with Gasteiger partial charge in [-0.25, -0.2) is 9.97 Å². The monoisotopic (exact) mass is 491 g/mol. The van der Waals surface area contributed by atoms with Crippen LogP contribution in [0.3, 0.4) is 0 Å². The van der Waals surface area contributed by atoms with E-state index >= 15 is 0 Å². The maximum Gasteiger partial charge on any atom is 0.257 e. The van der Waals surface area contributed by atoms with Crippen LogP contribution in [-0.4, -0.2) is 80.8 Å². The van der Waals surface area contributed by atoms with Crippen LogP contribution >= 0.6 is 0 Å². The molecule has 11 heteroatoms. The first-order chi connectivity index (χ1) is 17.6. The number of aliphatic hydroxyl groups is 1. The maximum absolute atomic E-state index is 13.0. The van der Waals surface area contributed by atoms with Crippen molar-refractivity contribution in [3.63, 3.8) is 0 Å². The van der Waals surface area contributed by atoms with Gasteiger partial charge in [0, 0.05) is 50.2 Å². The molecule has 36 heavy (non-hydrogen) atoms. The molecule has 1 aliphatic carbocycles. The van der Waals surface area contributed by atoms with Crippen LogP contribution in [0.1, 0.15) is 35.7 Å². The third-order valence-corrected chi connectivity index (χ3v) is 7.32. The molecule has 1 saturated carbocycles. The summed E-state index contributed by atoms with van der Waals surface area (Å²) in [5.41, 5.74) is 3.25. The SMILES string of the molecule is CNc1cc(-c2cn([C@@H]3CCOC[C@H]3OC)c3ncccc23)nc2c(C(=O)N[C@H]3CC[C@H]3O)cnn12. The van der Waals surface area contributed by atoms with Crippen LogP contribution < -0.4 is 10.6 Å². The Morgan fingerprint density at radius 2 is 2.17 bits per heavy atom. The van der Waals surface area contributed by atoms with Gasteiger partial charge in [0.1, 0.15) is 23.1 Å². The average Bonchev–Trinajstić information content (AvgIpc) is 3.52. The number of hydrogen-bond acceptors (Lipinski definition) is 8. The van der Waals surface area contributed by atoms with Crippen molar-refractivity contribution in [1.82, 2.24) is 29.5 Å². The number of anilines is 1. The summed E-state index contributed by atoms with van der Waals surface area (Å²) in [6.45, 7) is 1.19. The highest BCUT2D eigenvalue weighted by molar-refractivity contribution is 6.01. The second-order valence-corrected chi connectivity index (χ2v) is 9.32. The van der Waals surface area contributed by atoms with E-state index < -0.39 is 6.10 Å². The number of amides is 1. The van der Waals surface area contributed by atoms with Crippen LogP contribution in [0.15, 0.2) is 36.8 Å². The molecular formula is C25H29N7O4. The van der Waals surface area contributed by atoms with Crippen molar-refractivity contribution in [2.75, 3.05) is 32.7 Å². The standard InChI is InChI=1S/C25H29N7O4/c1-26-22-10-18(29-24-15(11-28-32(22)24)25(34)30-17-5-6-20(17)33)16-12-31(23-14(16)4-3-8-27-23)19-7-9-36-13-21(19)35-2/h3-4,8,10-12,17,19-21,26,33H,5-7,9,13H2,1-2H3,(H,30,34)/t17-,19+,20+,21+/m0/s1. The molecule has 0 spiro atoms. The second-order valence-electron chi connectivity index (χ2n) is 9.32. The summed E-state index contributed by atoms with van der Waals surface area (Å²) in [4.78, 5) is 22.6. The molecule has 0 unspecified atom stereocenters. The van der Waals surface area contributed by atoms with E-state index in [1.807, 2.05) is 18.2 Å². The molecule has 188 valence electrons. The van der Waals surface area contributed by atoms with Gasteiger partial charge < -0.3 is 29.8 Å². The number of pyridine rings is 1. The van der Waals surface area contributed by atoms with Gasteiger partial charge in [-0.1, -0.05) is 0 Å². The van der Waals surface area contributed by atoms with Crippen molar-refractivity contribution in [1.29, 1.82) is 0 Å². The molecule has 4 aromatic rings. The zero-order valence-electron chi connectivity index (χ0n) is 20.2. The summed E-state index contributed by atoms with van der Waals surface area (Å²) >= 11 is 0. The molecule has 1 amide bonds. The summed E-state index contributed by atoms with van der Waals surface area (Å²) in [5, 5.41) is 21.3. The number of fused-ring (bicyclic) bond motifs is 2. The topological polar surface area (TPSA) is 128 Å². The zero-order chi connectivity index (χ0) is 24.8. The van der Waals surface area contributed by atoms with Crippen molar-refractivity contribution in [3.8, 4) is 11.3 Å². The number of methoxy groups -OCH3 is 1. The smallest absolute Gasteiger partial charge is 0.257 e. The third-order valence-electron chi connectivity index (χ3n) is 7.32. The van der Waals surface area contributed by atoms with Gasteiger partial charge in [-0.2, -0.15) is 9.61 Å². The van der Waals surface area contributed by atoms with E-state index in [4.69, 9.17) is 14.5 Å². The first-order valence-corrected chi connectivity index (χ1v) is 12.2. The molecule has 11 nitrogen and oxygen atoms in total. The Hall–Kier alpha value is -3.54. The van der Waals surface area contributed by atoms with Gasteiger partial charge in [0.2, 0.25) is 0 Å². The highest BCUT2D eigenvalue weighted by Crippen LogP contribution is 2.35. The molecular weight excluding hydrogens is 462 g/mol. The fourth-order valence-corrected chi connectivity index (χ4v) is 5.12. The second kappa shape index (κ2) is 9.16. The fraction of sp³-hybridized carbons (Fsp3) is 0.440. The molecule has 0 bridgehead atoms. The molecule has 1 saturated heterocycles. The van der Waals surface area contributed by atoms with Crippen molar-refractivity contribution in [2.24, 2.45) is 0 Å². The van der Waals surface area contributed by atoms with Gasteiger partial charge >= 0.3 is 0 Å². The van der Waals surface area contributed by atoms with Gasteiger partial charge in [0.05, 0.1) is 36.7 Å². The number of carbonyl (C=O) groups is 1. The Bertz CT molecular complexity index is 1430. The molecule has 2 fully saturated rings. The van der Waals surface area contributed by atoms with Crippen molar-refractivity contribution in [3.05, 3.63) is 42.4 Å². The van der Waals surface area contributed by atoms with E-state index in [2.05, 4.69) is 31.5 Å². The van der Waals surface area contributed by atoms with E-state index in [0.717, 1.165) is 29.4 Å². The quantitative estimate of drug-likeness (QED) is 0.374. The molecule has 5 heterocycles. The number of aliphatic hydroxyl groups excluding tert-OH is 1. The van der Waals surface area contributed by atoms with E-state index in [0.29, 0.717) is 42.4 Å². The van der Waals surface area contributed by atoms with Crippen LogP contribution in [0.2, 0.25) is 0 Å². The number of nitrogens with zero attached hydrogens (tertiary/aromatic N) is 5. The van der Waals surface area contributed by atoms with E-state index in [9.17, 15) is 9.90 Å². The molecule has 2 aliphatic rings. The van der Waals surface area contributed by atoms with Gasteiger partial charge in [0.25, 0.3) is 5.91 Å². The zero-order valence-corrected chi connectivity index (χ0v) is 20.2. The maximum atomic E-state index is 13.0. The highest BCUT2D eigenvalue weighted by atomic mass is 16.5. The van der Waals surface area contributed by atoms with Gasteiger partial charge in [-0.05, 0) is 31.4 Å². The minimum absolute atomic E-state index is 0.0765. The van der Waals surface area contributed by atoms with Crippen LogP contribution in [0, 0.1) is 0 Å². The Kier molecular flexibility index (Phi) is 5.82. The van der Waals surface area contributed by atoms with Gasteiger partial charge in [-0.3, -0.25) is 4.79 Å². The lowest BCUT2D eigenvalue weighted by atomic mass is 9.89. The minimum Gasteiger partial charge on any atom is -0.391 e. The number of aromatic nitrogens is 5. The van der Waals surface area contributed by atoms with Crippen molar-refractivity contribution < 1.29 is 19.4 Å². The number of carbonyl (C=O) groups excluding carboxylic acids is 1. The molecule has 4 atom stereocenters. The number of hydrogen-bond donors (Lipinski definition) is 3. The molecule has 1 aliphatic heterocycles. The lowest BCUT2D eigenvalue weighted by molar-refractivity contribution is -0.0592. The summed E-state index contributed by atoms with van der Waals surface area (Å²) in [7, 11) is 3.51. The number of nitrogens with one attached hydrogen (secondary N) is 2. The highest BCUT2D eigenvalue weighted by Gasteiger charge is 2.32. The molecule has 3 N–H and O–H groups in total. The van der Waals surface area contributed by atoms with E-state index in [1.54, 1.807) is 24.9 Å². The first kappa shape index (κ1) is 22.9. The lowest BCUT2D eigenvalue weighted by Crippen LogP contribution is -2.50. The van der Waals surface area contributed by atoms with Gasteiger partial charge in [0.15, 0.2) is 5.65 Å². The van der Waals surface area contributed by atoms with Crippen LogP contribution in [0.25, 0.3) is 27.9 Å². The number of ether oxygens (including phenoxy) is 2. The molecule has 0 radical (unpaired) electrons. The first-order valence-electron chi connectivity index (χ1n) is 12.2. The Morgan fingerprint density at radius 1 is 1.28 bits per heavy atom. The van der Waals surface area contributed by atoms with Crippen molar-refractivity contribution >= 4 is 28.4 Å². The Balaban J connectivity index is 1.47. The fourth-order valence-electron chi connectivity index (χ4n) is 5.12. The van der Waals surface area contributed by atoms with Crippen molar-refractivity contribution in [2.45, 2.75) is 43.6 Å². The normalized spacial score (nSPS) is 24.1. The van der Waals surface area contributed by atoms with E-state index in [-0.39, 0.29) is 24.1 Å². The Morgan fingerprint density at radius 3 is 2.92 bits per heavy atom. The van der Waals surface area contributed by atoms with Crippen LogP contribution in [0.5, 0.6) is 0 Å². The van der Waals surface area contributed by atoms with Crippen LogP contribution in [-0.2, 0) is 9.47 Å². The molecule has 4 aromatic heterocycles. The summed E-state index contributed by atoms with van der Waals surface area (Å²) in [6.07, 6.45) is 7.04. The summed E-state index contributed by atoms with van der Waals surface area (Å²) in [6, 6.07) is 5.70. The Labute approximate surface area is 207 Å². The van der Waals surface area contributed by atoms with Crippen LogP contribution in [0.4, 0.5) is 5.82 Å². The molecule has 0 aromatic carbocycles. The van der Waals surface area contributed by atoms with Gasteiger partial charge in [-0.15, -0.1) is 0 Å². The summed E-state index contributed by atoms with van der Waals surface area (Å²) in [5.74, 6) is 0.401. The average molecular weight is 492 g/mol. The minimum atomic E-state index is -0.507. The predicted molar refractivity (Wildman–Crippen MR) is 133 cm³/mol. The third kappa shape index (κ3) is 3.71. The summed E-state index contributed by atoms with van der Waals surface area (Å²) < 4.78 is 15.1. The van der Waals surface area contributed by atoms with E-state index in [1.165, 1.54) is 6.20 Å². The molecule has 6 rings (SSSR count). The lowest BCUT2D eigenvalue weighted by Gasteiger charge is -2.32. The number of rotatable bonds is 6. The predicted octanol–water partition coefficient (Wildman–Crippen LogP) is 2.02. The largest absolute Gasteiger partial charge is 0.391 e.